The van der Waals surface area contributed by atoms with Crippen LogP contribution in [-0.2, 0) is 4.74 Å². The predicted octanol–water partition coefficient (Wildman–Crippen LogP) is 2.66. The molecule has 1 aliphatic heterocycles. The zero-order valence-electron chi connectivity index (χ0n) is 13.3. The van der Waals surface area contributed by atoms with Crippen LogP contribution in [0.15, 0.2) is 0 Å². The van der Waals surface area contributed by atoms with E-state index in [9.17, 15) is 13.2 Å². The Hall–Kier alpha value is -0.330. The lowest BCUT2D eigenvalue weighted by molar-refractivity contribution is -0.146. The summed E-state index contributed by atoms with van der Waals surface area (Å²) >= 11 is 0. The predicted molar refractivity (Wildman–Crippen MR) is 73.7 cm³/mol. The molecule has 0 radical (unpaired) electrons. The summed E-state index contributed by atoms with van der Waals surface area (Å²) in [7, 11) is 1.51. The third kappa shape index (κ3) is 4.33. The molecule has 6 heteroatoms. The Morgan fingerprint density at radius 1 is 1.15 bits per heavy atom. The number of hydrogen-bond acceptors (Lipinski definition) is 3. The van der Waals surface area contributed by atoms with E-state index < -0.39 is 18.3 Å². The van der Waals surface area contributed by atoms with Gasteiger partial charge >= 0.3 is 6.18 Å². The molecule has 0 aromatic heterocycles. The van der Waals surface area contributed by atoms with Crippen molar-refractivity contribution in [2.24, 2.45) is 5.92 Å². The van der Waals surface area contributed by atoms with Crippen molar-refractivity contribution in [2.75, 3.05) is 26.7 Å². The number of ether oxygens (including phenoxy) is 1. The van der Waals surface area contributed by atoms with Crippen molar-refractivity contribution in [1.29, 1.82) is 0 Å². The van der Waals surface area contributed by atoms with Gasteiger partial charge in [-0.25, -0.2) is 0 Å². The van der Waals surface area contributed by atoms with Gasteiger partial charge in [0.05, 0.1) is 17.7 Å². The van der Waals surface area contributed by atoms with Gasteiger partial charge in [0.1, 0.15) is 0 Å². The topological polar surface area (TPSA) is 24.5 Å². The van der Waals surface area contributed by atoms with E-state index in [0.29, 0.717) is 6.54 Å². The maximum absolute atomic E-state index is 12.5. The molecular formula is C14H27F3N2O. The Balaban J connectivity index is 2.83. The van der Waals surface area contributed by atoms with Gasteiger partial charge in [-0.05, 0) is 41.3 Å². The first-order valence-electron chi connectivity index (χ1n) is 7.08. The smallest absolute Gasteiger partial charge is 0.368 e. The van der Waals surface area contributed by atoms with E-state index in [1.807, 2.05) is 34.6 Å². The second-order valence-electron chi connectivity index (χ2n) is 6.76. The highest BCUT2D eigenvalue weighted by atomic mass is 19.4. The highest BCUT2D eigenvalue weighted by molar-refractivity contribution is 5.06. The monoisotopic (exact) mass is 296 g/mol. The third-order valence-electron chi connectivity index (χ3n) is 3.95. The Bertz CT molecular complexity index is 329. The number of likely N-dealkylation sites (N-methyl/N-ethyl adjacent to an activating group) is 1. The van der Waals surface area contributed by atoms with Gasteiger partial charge < -0.3 is 10.1 Å². The third-order valence-corrected chi connectivity index (χ3v) is 3.95. The molecule has 120 valence electrons. The molecule has 0 aliphatic carbocycles. The summed E-state index contributed by atoms with van der Waals surface area (Å²) < 4.78 is 43.5. The fraction of sp³-hybridized carbons (Fsp3) is 1.00. The molecule has 1 fully saturated rings. The number of hydrogen-bond donors (Lipinski definition) is 1. The number of nitrogens with one attached hydrogen (secondary N) is 1. The first-order chi connectivity index (χ1) is 8.89. The van der Waals surface area contributed by atoms with E-state index >= 15 is 0 Å². The second-order valence-corrected chi connectivity index (χ2v) is 6.76. The van der Waals surface area contributed by atoms with Gasteiger partial charge in [0, 0.05) is 18.5 Å². The SMILES string of the molecule is CCNC1C(CN(C)CC(F)(F)F)C(C)(C)OC1(C)C. The van der Waals surface area contributed by atoms with E-state index in [0.717, 1.165) is 6.54 Å². The zero-order chi connectivity index (χ0) is 15.8. The van der Waals surface area contributed by atoms with Crippen LogP contribution >= 0.6 is 0 Å². The Labute approximate surface area is 119 Å². The molecule has 0 aromatic carbocycles. The van der Waals surface area contributed by atoms with E-state index in [1.165, 1.54) is 11.9 Å². The van der Waals surface area contributed by atoms with Crippen molar-refractivity contribution in [3.05, 3.63) is 0 Å². The van der Waals surface area contributed by atoms with Crippen LogP contribution in [0.1, 0.15) is 34.6 Å². The molecule has 0 spiro atoms. The lowest BCUT2D eigenvalue weighted by Gasteiger charge is -2.33. The molecule has 2 unspecified atom stereocenters. The summed E-state index contributed by atoms with van der Waals surface area (Å²) in [5.41, 5.74) is -0.834. The van der Waals surface area contributed by atoms with E-state index in [1.54, 1.807) is 0 Å². The molecule has 1 rings (SSSR count). The summed E-state index contributed by atoms with van der Waals surface area (Å²) in [6.45, 7) is 10.1. The molecule has 1 heterocycles. The van der Waals surface area contributed by atoms with Gasteiger partial charge in [-0.3, -0.25) is 4.90 Å². The maximum Gasteiger partial charge on any atom is 0.401 e. The van der Waals surface area contributed by atoms with Crippen LogP contribution in [0.5, 0.6) is 0 Å². The first-order valence-corrected chi connectivity index (χ1v) is 7.08. The number of rotatable bonds is 5. The van der Waals surface area contributed by atoms with E-state index in [-0.39, 0.29) is 17.6 Å². The van der Waals surface area contributed by atoms with E-state index in [4.69, 9.17) is 4.74 Å². The molecule has 1 aliphatic rings. The highest BCUT2D eigenvalue weighted by Crippen LogP contribution is 2.42. The minimum atomic E-state index is -4.17. The molecule has 1 saturated heterocycles. The fourth-order valence-corrected chi connectivity index (χ4v) is 3.34. The number of nitrogens with zero attached hydrogens (tertiary/aromatic N) is 1. The number of alkyl halides is 3. The van der Waals surface area contributed by atoms with Crippen LogP contribution < -0.4 is 5.32 Å². The zero-order valence-corrected chi connectivity index (χ0v) is 13.3. The first kappa shape index (κ1) is 17.7. The minimum Gasteiger partial charge on any atom is -0.368 e. The average Bonchev–Trinajstić information content (AvgIpc) is 2.33. The van der Waals surface area contributed by atoms with Crippen molar-refractivity contribution in [1.82, 2.24) is 10.2 Å². The standard InChI is InChI=1S/C14H27F3N2O/c1-7-18-11-10(8-19(6)9-14(15,16)17)12(2,3)20-13(11,4)5/h10-11,18H,7-9H2,1-6H3. The Morgan fingerprint density at radius 2 is 1.70 bits per heavy atom. The molecule has 3 nitrogen and oxygen atoms in total. The highest BCUT2D eigenvalue weighted by Gasteiger charge is 2.53. The Morgan fingerprint density at radius 3 is 2.15 bits per heavy atom. The lowest BCUT2D eigenvalue weighted by Crippen LogP contribution is -2.51. The largest absolute Gasteiger partial charge is 0.401 e. The Kier molecular flexibility index (Phi) is 5.15. The quantitative estimate of drug-likeness (QED) is 0.844. The van der Waals surface area contributed by atoms with Crippen LogP contribution in [0.3, 0.4) is 0 Å². The molecule has 0 saturated carbocycles. The molecule has 0 amide bonds. The van der Waals surface area contributed by atoms with Crippen molar-refractivity contribution < 1.29 is 17.9 Å². The van der Waals surface area contributed by atoms with Crippen molar-refractivity contribution in [3.63, 3.8) is 0 Å². The summed E-state index contributed by atoms with van der Waals surface area (Å²) in [6, 6.07) is 0.0400. The van der Waals surface area contributed by atoms with Crippen molar-refractivity contribution in [2.45, 2.75) is 58.0 Å². The van der Waals surface area contributed by atoms with Crippen LogP contribution in [0, 0.1) is 5.92 Å². The molecule has 20 heavy (non-hydrogen) atoms. The van der Waals surface area contributed by atoms with Gasteiger partial charge in [-0.1, -0.05) is 6.92 Å². The normalized spacial score (nSPS) is 29.1. The van der Waals surface area contributed by atoms with Crippen LogP contribution in [-0.4, -0.2) is 55.0 Å². The van der Waals surface area contributed by atoms with Gasteiger partial charge in [0.25, 0.3) is 0 Å². The molecule has 0 aromatic rings. The average molecular weight is 296 g/mol. The molecule has 1 N–H and O–H groups in total. The van der Waals surface area contributed by atoms with Crippen LogP contribution in [0.2, 0.25) is 0 Å². The molecule has 2 atom stereocenters. The fourth-order valence-electron chi connectivity index (χ4n) is 3.34. The van der Waals surface area contributed by atoms with Gasteiger partial charge in [-0.2, -0.15) is 13.2 Å². The minimum absolute atomic E-state index is 0.00444. The second kappa shape index (κ2) is 5.81. The molecular weight excluding hydrogens is 269 g/mol. The van der Waals surface area contributed by atoms with Gasteiger partial charge in [-0.15, -0.1) is 0 Å². The van der Waals surface area contributed by atoms with Crippen LogP contribution in [0.25, 0.3) is 0 Å². The van der Waals surface area contributed by atoms with Crippen LogP contribution in [0.4, 0.5) is 13.2 Å². The summed E-state index contributed by atoms with van der Waals surface area (Å²) in [5.74, 6) is 0.00444. The van der Waals surface area contributed by atoms with E-state index in [2.05, 4.69) is 5.32 Å². The maximum atomic E-state index is 12.5. The summed E-state index contributed by atoms with van der Waals surface area (Å²) in [6.07, 6.45) is -4.17. The van der Waals surface area contributed by atoms with Gasteiger partial charge in [0.15, 0.2) is 0 Å². The van der Waals surface area contributed by atoms with Crippen molar-refractivity contribution >= 4 is 0 Å². The summed E-state index contributed by atoms with van der Waals surface area (Å²) in [5, 5.41) is 3.38. The number of halogens is 3. The lowest BCUT2D eigenvalue weighted by atomic mass is 9.82. The van der Waals surface area contributed by atoms with Crippen molar-refractivity contribution in [3.8, 4) is 0 Å². The summed E-state index contributed by atoms with van der Waals surface area (Å²) in [4.78, 5) is 1.33. The molecule has 0 bridgehead atoms. The van der Waals surface area contributed by atoms with Gasteiger partial charge in [0.2, 0.25) is 0 Å².